The Balaban J connectivity index is 1.23. The van der Waals surface area contributed by atoms with Crippen molar-refractivity contribution in [3.63, 3.8) is 0 Å². The molecule has 0 saturated carbocycles. The van der Waals surface area contributed by atoms with Crippen LogP contribution in [0.5, 0.6) is 0 Å². The summed E-state index contributed by atoms with van der Waals surface area (Å²) >= 11 is 0. The third-order valence-corrected chi connectivity index (χ3v) is 10.1. The van der Waals surface area contributed by atoms with E-state index in [-0.39, 0.29) is 40.1 Å². The zero-order chi connectivity index (χ0) is 28.8. The zero-order valence-corrected chi connectivity index (χ0v) is 23.8. The number of Topliss-reactive ketones (excluding diaryl/α,β-unsaturated/α-hetero) is 1. The van der Waals surface area contributed by atoms with Gasteiger partial charge in [-0.15, -0.1) is 0 Å². The maximum absolute atomic E-state index is 13.5. The monoisotopic (exact) mass is 567 g/mol. The van der Waals surface area contributed by atoms with Gasteiger partial charge in [-0.2, -0.15) is 15.7 Å². The third kappa shape index (κ3) is 6.41. The van der Waals surface area contributed by atoms with Gasteiger partial charge in [0.1, 0.15) is 23.6 Å². The molecule has 0 bridgehead atoms. The lowest BCUT2D eigenvalue weighted by Gasteiger charge is -2.22. The number of benzene rings is 3. The van der Waals surface area contributed by atoms with E-state index in [1.807, 2.05) is 66.7 Å². The summed E-state index contributed by atoms with van der Waals surface area (Å²) in [6.45, 7) is 1.68. The Bertz CT molecular complexity index is 1480. The van der Waals surface area contributed by atoms with Gasteiger partial charge in [0.2, 0.25) is 11.7 Å². The van der Waals surface area contributed by atoms with Crippen molar-refractivity contribution in [1.29, 1.82) is 5.26 Å². The van der Waals surface area contributed by atoms with E-state index in [4.69, 9.17) is 4.74 Å². The van der Waals surface area contributed by atoms with Gasteiger partial charge in [0.15, 0.2) is 0 Å². The van der Waals surface area contributed by atoms with E-state index >= 15 is 0 Å². The number of nitriles is 1. The molecule has 0 radical (unpaired) electrons. The van der Waals surface area contributed by atoms with Crippen LogP contribution in [0.4, 0.5) is 4.79 Å². The Labute approximate surface area is 242 Å². The number of nitrogens with zero attached hydrogens (tertiary/aromatic N) is 1. The number of hydrogen-bond donors (Lipinski definition) is 2. The van der Waals surface area contributed by atoms with Crippen LogP contribution in [0.3, 0.4) is 0 Å². The van der Waals surface area contributed by atoms with Gasteiger partial charge in [0, 0.05) is 12.3 Å². The Morgan fingerprint density at radius 2 is 1.49 bits per heavy atom. The molecule has 2 N–H and O–H groups in total. The molecule has 2 aliphatic rings. The Hall–Kier alpha value is -4.22. The van der Waals surface area contributed by atoms with Crippen molar-refractivity contribution < 1.29 is 19.1 Å². The van der Waals surface area contributed by atoms with E-state index in [2.05, 4.69) is 28.8 Å². The first-order valence-corrected chi connectivity index (χ1v) is 15.5. The van der Waals surface area contributed by atoms with Crippen molar-refractivity contribution in [3.05, 3.63) is 95.6 Å². The highest BCUT2D eigenvalue weighted by Crippen LogP contribution is 2.44. The number of amides is 2. The third-order valence-electron chi connectivity index (χ3n) is 7.63. The number of ether oxygens (including phenoxy) is 1. The van der Waals surface area contributed by atoms with E-state index in [9.17, 15) is 19.6 Å². The molecule has 1 saturated heterocycles. The minimum atomic E-state index is -0.948. The molecule has 0 spiro atoms. The molecule has 0 unspecified atom stereocenters. The van der Waals surface area contributed by atoms with Crippen molar-refractivity contribution >= 4 is 33.1 Å². The summed E-state index contributed by atoms with van der Waals surface area (Å²) in [4.78, 5) is 39.7. The van der Waals surface area contributed by atoms with E-state index in [0.717, 1.165) is 52.2 Å². The molecule has 8 heteroatoms. The molecule has 41 heavy (non-hydrogen) atoms. The first-order chi connectivity index (χ1) is 20.0. The minimum Gasteiger partial charge on any atom is -0.449 e. The predicted octanol–water partition coefficient (Wildman–Crippen LogP) is 4.97. The fourth-order valence-corrected chi connectivity index (χ4v) is 7.79. The lowest BCUT2D eigenvalue weighted by Crippen LogP contribution is -2.52. The van der Waals surface area contributed by atoms with Crippen molar-refractivity contribution in [1.82, 2.24) is 10.6 Å². The molecule has 2 amide bonds. The van der Waals surface area contributed by atoms with E-state index in [1.54, 1.807) is 6.92 Å². The number of fused-ring (bicyclic) bond motifs is 3. The number of alkyl carbamates (subject to hydrolysis) is 1. The van der Waals surface area contributed by atoms with Gasteiger partial charge in [-0.05, 0) is 59.1 Å². The molecule has 5 rings (SSSR count). The van der Waals surface area contributed by atoms with Crippen molar-refractivity contribution in [3.8, 4) is 17.2 Å². The summed E-state index contributed by atoms with van der Waals surface area (Å²) in [5.74, 6) is 0.713. The number of ketones is 1. The molecule has 3 aromatic carbocycles. The van der Waals surface area contributed by atoms with Crippen molar-refractivity contribution in [2.75, 3.05) is 18.1 Å². The smallest absolute Gasteiger partial charge is 0.407 e. The molecule has 7 nitrogen and oxygen atoms in total. The van der Waals surface area contributed by atoms with Crippen LogP contribution in [0.1, 0.15) is 42.4 Å². The summed E-state index contributed by atoms with van der Waals surface area (Å²) in [5, 5.41) is 15.2. The molecule has 3 aromatic rings. The first-order valence-electron chi connectivity index (χ1n) is 13.9. The van der Waals surface area contributed by atoms with E-state index in [1.165, 1.54) is 0 Å². The molecule has 210 valence electrons. The van der Waals surface area contributed by atoms with Crippen LogP contribution in [0.2, 0.25) is 0 Å². The molecular weight excluding hydrogens is 534 g/mol. The van der Waals surface area contributed by atoms with Crippen LogP contribution < -0.4 is 10.6 Å². The number of carbonyl (C=O) groups is 3. The topological polar surface area (TPSA) is 108 Å². The normalized spacial score (nSPS) is 15.6. The maximum Gasteiger partial charge on any atom is 0.407 e. The van der Waals surface area contributed by atoms with Gasteiger partial charge < -0.3 is 15.4 Å². The summed E-state index contributed by atoms with van der Waals surface area (Å²) in [5.41, 5.74) is 5.33. The molecule has 1 aliphatic carbocycles. The highest BCUT2D eigenvalue weighted by Gasteiger charge is 2.31. The second-order valence-corrected chi connectivity index (χ2v) is 12.6. The Kier molecular flexibility index (Phi) is 8.95. The van der Waals surface area contributed by atoms with Crippen LogP contribution in [-0.2, 0) is 20.7 Å². The van der Waals surface area contributed by atoms with Gasteiger partial charge in [-0.25, -0.2) is 4.79 Å². The summed E-state index contributed by atoms with van der Waals surface area (Å²) < 4.78 is 5.59. The van der Waals surface area contributed by atoms with Gasteiger partial charge >= 0.3 is 6.09 Å². The second kappa shape index (κ2) is 13.0. The van der Waals surface area contributed by atoms with Crippen LogP contribution in [-0.4, -0.2) is 52.8 Å². The SMILES string of the molecule is C[C@@H](NC(=O)OCC1c2ccccc2-c2ccccc21)C(=O)N[C@@H](Cc1ccccc1)C(=O)C(C#N)=S1CCCC1. The molecular formula is C33H33N3O4S. The minimum absolute atomic E-state index is 0.0958. The second-order valence-electron chi connectivity index (χ2n) is 10.4. The lowest BCUT2D eigenvalue weighted by atomic mass is 9.98. The van der Waals surface area contributed by atoms with Crippen LogP contribution in [0.25, 0.3) is 11.1 Å². The molecule has 1 heterocycles. The quantitative estimate of drug-likeness (QED) is 0.355. The van der Waals surface area contributed by atoms with Gasteiger partial charge in [-0.1, -0.05) is 78.9 Å². The average molecular weight is 568 g/mol. The summed E-state index contributed by atoms with van der Waals surface area (Å²) in [7, 11) is -0.379. The molecule has 0 aromatic heterocycles. The largest absolute Gasteiger partial charge is 0.449 e. The fraction of sp³-hybridized carbons (Fsp3) is 0.303. The number of rotatable bonds is 9. The lowest BCUT2D eigenvalue weighted by molar-refractivity contribution is -0.126. The fourth-order valence-electron chi connectivity index (χ4n) is 5.52. The van der Waals surface area contributed by atoms with Crippen molar-refractivity contribution in [2.24, 2.45) is 0 Å². The highest BCUT2D eigenvalue weighted by atomic mass is 32.2. The van der Waals surface area contributed by atoms with Gasteiger partial charge in [-0.3, -0.25) is 9.59 Å². The number of hydrogen-bond acceptors (Lipinski definition) is 5. The van der Waals surface area contributed by atoms with Gasteiger partial charge in [0.25, 0.3) is 0 Å². The van der Waals surface area contributed by atoms with Crippen LogP contribution in [0.15, 0.2) is 78.9 Å². The van der Waals surface area contributed by atoms with Crippen LogP contribution in [0, 0.1) is 11.3 Å². The van der Waals surface area contributed by atoms with Crippen LogP contribution >= 0.6 is 10.5 Å². The highest BCUT2D eigenvalue weighted by molar-refractivity contribution is 8.17. The standard InChI is InChI=1S/C33H33N3O4S/c1-22(35-33(39)40-21-28-26-15-7-5-13-24(26)25-14-6-8-16-27(25)28)32(38)36-29(19-23-11-3-2-4-12-23)31(37)30(20-34)41-17-9-10-18-41/h2-8,11-16,22,28-29H,9-10,17-19,21H2,1H3,(H,35,39)(H,36,38)/t22-,29+/m1/s1. The Morgan fingerprint density at radius 1 is 0.902 bits per heavy atom. The van der Waals surface area contributed by atoms with E-state index in [0.29, 0.717) is 0 Å². The van der Waals surface area contributed by atoms with E-state index < -0.39 is 24.1 Å². The molecule has 2 atom stereocenters. The summed E-state index contributed by atoms with van der Waals surface area (Å²) in [6.07, 6.45) is 1.54. The first kappa shape index (κ1) is 28.3. The van der Waals surface area contributed by atoms with Crippen molar-refractivity contribution in [2.45, 2.75) is 44.2 Å². The maximum atomic E-state index is 13.5. The number of carbonyl (C=O) groups excluding carboxylic acids is 3. The zero-order valence-electron chi connectivity index (χ0n) is 23.0. The molecule has 1 fully saturated rings. The average Bonchev–Trinajstić information content (AvgIpc) is 3.63. The molecule has 1 aliphatic heterocycles. The number of nitrogens with one attached hydrogen (secondary N) is 2. The summed E-state index contributed by atoms with van der Waals surface area (Å²) in [6, 6.07) is 25.8. The van der Waals surface area contributed by atoms with Gasteiger partial charge in [0.05, 0.1) is 6.04 Å². The Morgan fingerprint density at radius 3 is 2.10 bits per heavy atom. The predicted molar refractivity (Wildman–Crippen MR) is 162 cm³/mol.